The van der Waals surface area contributed by atoms with Crippen LogP contribution >= 0.6 is 0 Å². The van der Waals surface area contributed by atoms with Gasteiger partial charge < -0.3 is 9.64 Å². The summed E-state index contributed by atoms with van der Waals surface area (Å²) in [4.78, 5) is 18.1. The lowest BCUT2D eigenvalue weighted by Gasteiger charge is -2.33. The number of carbonyl (C=O) groups is 1. The Balaban J connectivity index is 1.61. The largest absolute Gasteiger partial charge is 0.416 e. The Morgan fingerprint density at radius 1 is 1.19 bits per heavy atom. The minimum absolute atomic E-state index is 0.0199. The van der Waals surface area contributed by atoms with E-state index < -0.39 is 11.7 Å². The summed E-state index contributed by atoms with van der Waals surface area (Å²) in [6.07, 6.45) is -0.789. The third-order valence-electron chi connectivity index (χ3n) is 4.31. The zero-order valence-corrected chi connectivity index (χ0v) is 14.1. The molecule has 0 N–H and O–H groups in total. The van der Waals surface area contributed by atoms with Gasteiger partial charge >= 0.3 is 6.18 Å². The number of pyridine rings is 1. The van der Waals surface area contributed by atoms with Gasteiger partial charge in [0.2, 0.25) is 5.91 Å². The molecule has 7 heteroatoms. The molecule has 0 saturated carbocycles. The highest BCUT2D eigenvalue weighted by atomic mass is 19.4. The van der Waals surface area contributed by atoms with Crippen LogP contribution in [0.4, 0.5) is 13.2 Å². The van der Waals surface area contributed by atoms with E-state index in [1.54, 1.807) is 35.5 Å². The number of alkyl halides is 3. The molecule has 138 valence electrons. The van der Waals surface area contributed by atoms with Crippen LogP contribution in [0.3, 0.4) is 0 Å². The Morgan fingerprint density at radius 2 is 1.96 bits per heavy atom. The Morgan fingerprint density at radius 3 is 2.69 bits per heavy atom. The molecule has 1 amide bonds. The van der Waals surface area contributed by atoms with Crippen LogP contribution in [0, 0.1) is 0 Å². The highest BCUT2D eigenvalue weighted by molar-refractivity contribution is 5.78. The van der Waals surface area contributed by atoms with Gasteiger partial charge in [0.1, 0.15) is 0 Å². The first-order chi connectivity index (χ1) is 12.4. The fraction of sp³-hybridized carbons (Fsp3) is 0.368. The van der Waals surface area contributed by atoms with Gasteiger partial charge in [-0.2, -0.15) is 13.2 Å². The first-order valence-corrected chi connectivity index (χ1v) is 8.36. The van der Waals surface area contributed by atoms with Crippen LogP contribution in [0.25, 0.3) is 0 Å². The Bertz CT molecular complexity index is 750. The molecule has 4 nitrogen and oxygen atoms in total. The molecule has 0 bridgehead atoms. The lowest BCUT2D eigenvalue weighted by atomic mass is 10.0. The molecule has 1 aliphatic heterocycles. The summed E-state index contributed by atoms with van der Waals surface area (Å²) in [6, 6.07) is 8.82. The van der Waals surface area contributed by atoms with Crippen molar-refractivity contribution in [1.29, 1.82) is 0 Å². The highest BCUT2D eigenvalue weighted by Gasteiger charge is 2.31. The predicted octanol–water partition coefficient (Wildman–Crippen LogP) is 3.11. The van der Waals surface area contributed by atoms with Crippen molar-refractivity contribution in [3.05, 3.63) is 65.5 Å². The van der Waals surface area contributed by atoms with Crippen LogP contribution in [0.2, 0.25) is 0 Å². The van der Waals surface area contributed by atoms with Crippen molar-refractivity contribution in [2.24, 2.45) is 0 Å². The van der Waals surface area contributed by atoms with Crippen LogP contribution < -0.4 is 0 Å². The molecule has 0 radical (unpaired) electrons. The molecule has 1 aliphatic rings. The van der Waals surface area contributed by atoms with Crippen molar-refractivity contribution in [2.75, 3.05) is 19.7 Å². The molecule has 1 aromatic carbocycles. The van der Waals surface area contributed by atoms with Gasteiger partial charge in [0.25, 0.3) is 0 Å². The number of morpholine rings is 1. The lowest BCUT2D eigenvalue weighted by Crippen LogP contribution is -2.46. The number of benzene rings is 1. The van der Waals surface area contributed by atoms with Crippen molar-refractivity contribution in [1.82, 2.24) is 9.88 Å². The molecule has 0 spiro atoms. The quantitative estimate of drug-likeness (QED) is 0.837. The van der Waals surface area contributed by atoms with E-state index in [2.05, 4.69) is 4.98 Å². The fourth-order valence-corrected chi connectivity index (χ4v) is 2.99. The number of ether oxygens (including phenoxy) is 1. The molecule has 1 fully saturated rings. The second-order valence-corrected chi connectivity index (χ2v) is 6.27. The third-order valence-corrected chi connectivity index (χ3v) is 4.31. The molecule has 26 heavy (non-hydrogen) atoms. The lowest BCUT2D eigenvalue weighted by molar-refractivity contribution is -0.138. The summed E-state index contributed by atoms with van der Waals surface area (Å²) in [7, 11) is 0. The van der Waals surface area contributed by atoms with Crippen LogP contribution in [-0.4, -0.2) is 41.6 Å². The van der Waals surface area contributed by atoms with Gasteiger partial charge in [0, 0.05) is 31.9 Å². The van der Waals surface area contributed by atoms with Crippen LogP contribution in [-0.2, 0) is 28.5 Å². The van der Waals surface area contributed by atoms with E-state index in [1.807, 2.05) is 0 Å². The topological polar surface area (TPSA) is 42.4 Å². The molecule has 1 aromatic heterocycles. The van der Waals surface area contributed by atoms with Crippen LogP contribution in [0.15, 0.2) is 48.8 Å². The van der Waals surface area contributed by atoms with E-state index in [-0.39, 0.29) is 18.4 Å². The maximum Gasteiger partial charge on any atom is 0.416 e. The number of hydrogen-bond donors (Lipinski definition) is 0. The van der Waals surface area contributed by atoms with E-state index in [0.29, 0.717) is 31.7 Å². The van der Waals surface area contributed by atoms with Gasteiger partial charge in [-0.1, -0.05) is 18.2 Å². The number of carbonyl (C=O) groups excluding carboxylic acids is 1. The SMILES string of the molecule is O=C(Cc1ccncc1)N1CCO[C@@H](Cc2cccc(C(F)(F)F)c2)C1. The van der Waals surface area contributed by atoms with Crippen LogP contribution in [0.1, 0.15) is 16.7 Å². The minimum atomic E-state index is -4.37. The van der Waals surface area contributed by atoms with Gasteiger partial charge in [0.15, 0.2) is 0 Å². The van der Waals surface area contributed by atoms with Gasteiger partial charge in [-0.15, -0.1) is 0 Å². The first kappa shape index (κ1) is 18.4. The number of rotatable bonds is 4. The van der Waals surface area contributed by atoms with Gasteiger partial charge in [-0.25, -0.2) is 0 Å². The zero-order valence-electron chi connectivity index (χ0n) is 14.1. The molecule has 1 atom stereocenters. The molecular weight excluding hydrogens is 345 g/mol. The normalized spacial score (nSPS) is 18.0. The maximum atomic E-state index is 12.8. The number of nitrogens with zero attached hydrogens (tertiary/aromatic N) is 2. The summed E-state index contributed by atoms with van der Waals surface area (Å²) in [5.41, 5.74) is 0.760. The molecule has 1 saturated heterocycles. The smallest absolute Gasteiger partial charge is 0.374 e. The van der Waals surface area contributed by atoms with Crippen molar-refractivity contribution in [3.8, 4) is 0 Å². The first-order valence-electron chi connectivity index (χ1n) is 8.36. The summed E-state index contributed by atoms with van der Waals surface area (Å²) in [5.74, 6) is -0.0199. The number of amides is 1. The Kier molecular flexibility index (Phi) is 5.56. The average Bonchev–Trinajstić information content (AvgIpc) is 2.62. The van der Waals surface area contributed by atoms with Gasteiger partial charge in [-0.05, 0) is 29.3 Å². The van der Waals surface area contributed by atoms with E-state index >= 15 is 0 Å². The molecular formula is C19H19F3N2O2. The van der Waals surface area contributed by atoms with Crippen molar-refractivity contribution in [3.63, 3.8) is 0 Å². The highest BCUT2D eigenvalue weighted by Crippen LogP contribution is 2.30. The summed E-state index contributed by atoms with van der Waals surface area (Å²) >= 11 is 0. The van der Waals surface area contributed by atoms with E-state index in [0.717, 1.165) is 17.7 Å². The summed E-state index contributed by atoms with van der Waals surface area (Å²) < 4.78 is 44.2. The molecule has 0 aliphatic carbocycles. The third kappa shape index (κ3) is 4.82. The fourth-order valence-electron chi connectivity index (χ4n) is 2.99. The molecule has 2 heterocycles. The molecule has 0 unspecified atom stereocenters. The van der Waals surface area contributed by atoms with Gasteiger partial charge in [0.05, 0.1) is 24.7 Å². The molecule has 3 rings (SSSR count). The second kappa shape index (κ2) is 7.86. The number of halogens is 3. The zero-order chi connectivity index (χ0) is 18.6. The predicted molar refractivity (Wildman–Crippen MR) is 89.4 cm³/mol. The average molecular weight is 364 g/mol. The Hall–Kier alpha value is -2.41. The number of aromatic nitrogens is 1. The maximum absolute atomic E-state index is 12.8. The van der Waals surface area contributed by atoms with Crippen molar-refractivity contribution in [2.45, 2.75) is 25.1 Å². The minimum Gasteiger partial charge on any atom is -0.374 e. The van der Waals surface area contributed by atoms with Crippen molar-refractivity contribution >= 4 is 5.91 Å². The summed E-state index contributed by atoms with van der Waals surface area (Å²) in [6.45, 7) is 1.24. The number of hydrogen-bond acceptors (Lipinski definition) is 3. The van der Waals surface area contributed by atoms with E-state index in [9.17, 15) is 18.0 Å². The second-order valence-electron chi connectivity index (χ2n) is 6.27. The monoisotopic (exact) mass is 364 g/mol. The van der Waals surface area contributed by atoms with E-state index in [4.69, 9.17) is 4.74 Å². The Labute approximate surface area is 149 Å². The van der Waals surface area contributed by atoms with E-state index in [1.165, 1.54) is 6.07 Å². The summed E-state index contributed by atoms with van der Waals surface area (Å²) in [5, 5.41) is 0. The van der Waals surface area contributed by atoms with Crippen molar-refractivity contribution < 1.29 is 22.7 Å². The molecule has 2 aromatic rings. The standard InChI is InChI=1S/C19H19F3N2O2/c20-19(21,22)16-3-1-2-15(10-16)11-17-13-24(8-9-26-17)18(25)12-14-4-6-23-7-5-14/h1-7,10,17H,8-9,11-13H2/t17-/m0/s1. The van der Waals surface area contributed by atoms with Crippen LogP contribution in [0.5, 0.6) is 0 Å². The van der Waals surface area contributed by atoms with Gasteiger partial charge in [-0.3, -0.25) is 9.78 Å².